The molecule has 0 spiro atoms. The molecular formula is C56H36F16O8S2. The molecule has 0 aliphatic rings. The van der Waals surface area contributed by atoms with Gasteiger partial charge in [-0.3, -0.25) is 0 Å². The fourth-order valence-corrected chi connectivity index (χ4v) is 11.2. The van der Waals surface area contributed by atoms with Crippen LogP contribution in [0.5, 0.6) is 34.5 Å². The number of rotatable bonds is 12. The Balaban J connectivity index is 0.000000237. The molecule has 432 valence electrons. The zero-order chi connectivity index (χ0) is 61.1. The van der Waals surface area contributed by atoms with Crippen molar-refractivity contribution in [2.75, 3.05) is 14.2 Å². The van der Waals surface area contributed by atoms with Crippen LogP contribution in [0.3, 0.4) is 0 Å². The van der Waals surface area contributed by atoms with Gasteiger partial charge in [-0.15, -0.1) is 0 Å². The molecule has 0 saturated heterocycles. The van der Waals surface area contributed by atoms with E-state index in [4.69, 9.17) is 18.9 Å². The first-order chi connectivity index (χ1) is 38.3. The number of sulfone groups is 2. The van der Waals surface area contributed by atoms with Gasteiger partial charge in [0.1, 0.15) is 23.0 Å². The molecule has 0 radical (unpaired) electrons. The first kappa shape index (κ1) is 61.4. The Morgan fingerprint density at radius 2 is 0.537 bits per heavy atom. The average Bonchev–Trinajstić information content (AvgIpc) is 3.53. The third-order valence-corrected chi connectivity index (χ3v) is 16.0. The van der Waals surface area contributed by atoms with Gasteiger partial charge in [0.05, 0.1) is 56.1 Å². The second-order valence-electron chi connectivity index (χ2n) is 17.8. The quantitative estimate of drug-likeness (QED) is 0.0880. The minimum atomic E-state index is -4.14. The lowest BCUT2D eigenvalue weighted by atomic mass is 9.99. The summed E-state index contributed by atoms with van der Waals surface area (Å²) in [6.07, 6.45) is 0. The van der Waals surface area contributed by atoms with Gasteiger partial charge in [-0.1, -0.05) is 0 Å². The summed E-state index contributed by atoms with van der Waals surface area (Å²) in [5, 5.41) is 0. The largest absolute Gasteiger partial charge is 0.497 e. The summed E-state index contributed by atoms with van der Waals surface area (Å²) in [4.78, 5) is -0.696. The van der Waals surface area contributed by atoms with Crippen molar-refractivity contribution in [2.45, 2.75) is 61.1 Å². The summed E-state index contributed by atoms with van der Waals surface area (Å²) in [6.45, 7) is 7.18. The monoisotopic (exact) mass is 1200 g/mol. The van der Waals surface area contributed by atoms with Crippen LogP contribution in [0.2, 0.25) is 0 Å². The third kappa shape index (κ3) is 10.6. The third-order valence-electron chi connectivity index (χ3n) is 12.5. The molecular weight excluding hydrogens is 1170 g/mol. The Kier molecular flexibility index (Phi) is 17.2. The fraction of sp³-hybridized carbons (Fsp3) is 0.143. The lowest BCUT2D eigenvalue weighted by Crippen LogP contribution is -2.10. The van der Waals surface area contributed by atoms with E-state index in [1.165, 1.54) is 64.5 Å². The van der Waals surface area contributed by atoms with Crippen LogP contribution < -0.4 is 18.9 Å². The van der Waals surface area contributed by atoms with Crippen LogP contribution in [0.1, 0.15) is 33.4 Å². The predicted molar refractivity (Wildman–Crippen MR) is 261 cm³/mol. The van der Waals surface area contributed by atoms with Crippen molar-refractivity contribution in [2.24, 2.45) is 0 Å². The number of benzene rings is 8. The van der Waals surface area contributed by atoms with Gasteiger partial charge in [0.25, 0.3) is 0 Å². The van der Waals surface area contributed by atoms with Crippen molar-refractivity contribution in [3.8, 4) is 56.8 Å². The van der Waals surface area contributed by atoms with Crippen LogP contribution in [0.15, 0.2) is 92.4 Å². The zero-order valence-electron chi connectivity index (χ0n) is 43.1. The van der Waals surface area contributed by atoms with Gasteiger partial charge in [0.2, 0.25) is 54.4 Å². The maximum absolute atomic E-state index is 15.1. The summed E-state index contributed by atoms with van der Waals surface area (Å²) in [7, 11) is -5.37. The Hall–Kier alpha value is -8.26. The lowest BCUT2D eigenvalue weighted by molar-refractivity contribution is 0.364. The van der Waals surface area contributed by atoms with Crippen molar-refractivity contribution < 1.29 is 106 Å². The Labute approximate surface area is 455 Å². The van der Waals surface area contributed by atoms with Crippen LogP contribution in [-0.4, -0.2) is 31.1 Å². The lowest BCUT2D eigenvalue weighted by Gasteiger charge is -2.18. The number of hydrogen-bond donors (Lipinski definition) is 0. The minimum Gasteiger partial charge on any atom is -0.497 e. The molecule has 0 aromatic heterocycles. The van der Waals surface area contributed by atoms with Crippen molar-refractivity contribution in [3.63, 3.8) is 0 Å². The van der Waals surface area contributed by atoms with E-state index < -0.39 is 169 Å². The summed E-state index contributed by atoms with van der Waals surface area (Å²) in [6, 6.07) is 14.1. The molecule has 8 rings (SSSR count). The molecule has 0 amide bonds. The van der Waals surface area contributed by atoms with Gasteiger partial charge in [-0.2, -0.15) is 17.6 Å². The average molecular weight is 1200 g/mol. The molecule has 0 unspecified atom stereocenters. The number of methoxy groups -OCH3 is 2. The molecule has 0 saturated carbocycles. The Morgan fingerprint density at radius 1 is 0.280 bits per heavy atom. The van der Waals surface area contributed by atoms with Crippen molar-refractivity contribution >= 4 is 19.7 Å². The minimum absolute atomic E-state index is 0.0241. The van der Waals surface area contributed by atoms with Gasteiger partial charge in [-0.25, -0.2) is 69.5 Å². The molecule has 26 heteroatoms. The number of ether oxygens (including phenoxy) is 4. The van der Waals surface area contributed by atoms with Gasteiger partial charge in [-0.05, 0) is 137 Å². The molecule has 0 fully saturated rings. The van der Waals surface area contributed by atoms with E-state index in [-0.39, 0.29) is 30.7 Å². The number of aryl methyl sites for hydroxylation is 4. The molecule has 0 aliphatic carbocycles. The molecule has 0 bridgehead atoms. The second kappa shape index (κ2) is 22.9. The van der Waals surface area contributed by atoms with Crippen molar-refractivity contribution in [1.82, 2.24) is 0 Å². The SMILES string of the molecule is COc1c(C)cc(S(=O)(=O)c2cc(C)c(Oc3c(F)c(F)c(-c4c(F)c(F)c(C)c(F)c4F)c(F)c3F)c(C)c2)cc1C.COc1ccc(S(=O)(=O)c2ccc(Oc3c(F)c(F)c(-c4c(F)c(F)c(C)c(F)c4F)c(F)c3F)cc2)cc1. The molecule has 8 nitrogen and oxygen atoms in total. The highest BCUT2D eigenvalue weighted by molar-refractivity contribution is 7.91. The topological polar surface area (TPSA) is 105 Å². The van der Waals surface area contributed by atoms with E-state index >= 15 is 17.6 Å². The number of halogens is 16. The van der Waals surface area contributed by atoms with Crippen LogP contribution >= 0.6 is 0 Å². The predicted octanol–water partition coefficient (Wildman–Crippen LogP) is 16.1. The van der Waals surface area contributed by atoms with E-state index in [9.17, 15) is 69.5 Å². The smallest absolute Gasteiger partial charge is 0.206 e. The van der Waals surface area contributed by atoms with Crippen LogP contribution in [0, 0.1) is 135 Å². The van der Waals surface area contributed by atoms with E-state index in [0.29, 0.717) is 36.5 Å². The van der Waals surface area contributed by atoms with Crippen LogP contribution in [0.25, 0.3) is 22.3 Å². The van der Waals surface area contributed by atoms with E-state index in [1.54, 1.807) is 13.8 Å². The van der Waals surface area contributed by atoms with Crippen molar-refractivity contribution in [3.05, 3.63) is 199 Å². The van der Waals surface area contributed by atoms with Crippen molar-refractivity contribution in [1.29, 1.82) is 0 Å². The summed E-state index contributed by atoms with van der Waals surface area (Å²) < 4.78 is 305. The molecule has 8 aromatic carbocycles. The Morgan fingerprint density at radius 3 is 0.829 bits per heavy atom. The maximum atomic E-state index is 15.1. The molecule has 8 aromatic rings. The first-order valence-electron chi connectivity index (χ1n) is 23.0. The van der Waals surface area contributed by atoms with Gasteiger partial charge in [0, 0.05) is 11.1 Å². The first-order valence-corrected chi connectivity index (χ1v) is 26.0. The molecule has 82 heavy (non-hydrogen) atoms. The standard InChI is InChI=1S/C30H22F8O4S.C26H14F8O4S/c1-11-7-16(8-12(2)28(11)41-6)43(39,40)17-9-13(3)29(14(4)10-17)42-30-26(37)24(35)19(25(36)27(30)38)18-22(33)20(31)15(5)21(32)23(18)34;1-11-18(27)20(29)16(21(30)19(11)28)17-22(31)24(33)26(25(34)23(17)32)38-13-5-9-15(10-6-13)39(35,36)14-7-3-12(37-2)4-8-14/h7-10H,1-6H3;3-10H,1-2H3. The highest BCUT2D eigenvalue weighted by atomic mass is 32.2. The van der Waals surface area contributed by atoms with E-state index in [2.05, 4.69) is 0 Å². The maximum Gasteiger partial charge on any atom is 0.206 e. The van der Waals surface area contributed by atoms with Crippen LogP contribution in [0.4, 0.5) is 70.2 Å². The van der Waals surface area contributed by atoms with E-state index in [0.717, 1.165) is 36.4 Å². The van der Waals surface area contributed by atoms with Gasteiger partial charge >= 0.3 is 0 Å². The highest BCUT2D eigenvalue weighted by Gasteiger charge is 2.37. The molecule has 0 N–H and O–H groups in total. The second-order valence-corrected chi connectivity index (χ2v) is 21.7. The Bertz CT molecular complexity index is 4020. The highest BCUT2D eigenvalue weighted by Crippen LogP contribution is 2.45. The summed E-state index contributed by atoms with van der Waals surface area (Å²) in [5.41, 5.74) is -9.34. The molecule has 0 aliphatic heterocycles. The fourth-order valence-electron chi connectivity index (χ4n) is 8.31. The normalized spacial score (nSPS) is 11.6. The molecule has 0 heterocycles. The number of hydrogen-bond acceptors (Lipinski definition) is 8. The zero-order valence-corrected chi connectivity index (χ0v) is 44.7. The molecule has 0 atom stereocenters. The summed E-state index contributed by atoms with van der Waals surface area (Å²) in [5.74, 6) is -39.2. The van der Waals surface area contributed by atoms with Gasteiger partial charge in [0.15, 0.2) is 69.8 Å². The van der Waals surface area contributed by atoms with E-state index in [1.807, 2.05) is 0 Å². The summed E-state index contributed by atoms with van der Waals surface area (Å²) >= 11 is 0. The van der Waals surface area contributed by atoms with Gasteiger partial charge < -0.3 is 18.9 Å². The van der Waals surface area contributed by atoms with Crippen LogP contribution in [-0.2, 0) is 19.7 Å².